The lowest BCUT2D eigenvalue weighted by atomic mass is 9.83. The van der Waals surface area contributed by atoms with E-state index in [9.17, 15) is 10.4 Å². The van der Waals surface area contributed by atoms with E-state index in [1.165, 1.54) is 7.11 Å². The molecule has 5 rings (SSSR count). The number of nitriles is 1. The van der Waals surface area contributed by atoms with Gasteiger partial charge in [0.2, 0.25) is 18.6 Å². The third kappa shape index (κ3) is 2.88. The second-order valence-electron chi connectivity index (χ2n) is 6.86. The molecule has 0 amide bonds. The van der Waals surface area contributed by atoms with Crippen molar-refractivity contribution in [2.45, 2.75) is 5.92 Å². The van der Waals surface area contributed by atoms with Crippen molar-refractivity contribution >= 4 is 11.6 Å². The number of nitrogens with zero attached hydrogens (tertiary/aromatic N) is 2. The van der Waals surface area contributed by atoms with Gasteiger partial charge in [-0.2, -0.15) is 5.26 Å². The molecule has 0 spiro atoms. The van der Waals surface area contributed by atoms with Gasteiger partial charge >= 0.3 is 0 Å². The van der Waals surface area contributed by atoms with Gasteiger partial charge in [0.25, 0.3) is 0 Å². The highest BCUT2D eigenvalue weighted by atomic mass is 35.5. The predicted molar refractivity (Wildman–Crippen MR) is 109 cm³/mol. The molecule has 1 atom stereocenters. The number of phenols is 1. The van der Waals surface area contributed by atoms with Gasteiger partial charge < -0.3 is 29.8 Å². The molecule has 0 saturated carbocycles. The SMILES string of the molecule is COc1cc([C@H]2C(C#N)=C(N)Oc3n[nH]c(-c4ccc5c(c4)OCO5)c32)cc(Cl)c1O. The molecule has 4 N–H and O–H groups in total. The number of methoxy groups -OCH3 is 1. The molecule has 3 aromatic rings. The Labute approximate surface area is 181 Å². The fraction of sp³-hybridized carbons (Fsp3) is 0.143. The number of rotatable bonds is 3. The van der Waals surface area contributed by atoms with E-state index in [0.717, 1.165) is 5.56 Å². The predicted octanol–water partition coefficient (Wildman–Crippen LogP) is 3.39. The molecule has 0 aliphatic carbocycles. The molecular weight excluding hydrogens is 424 g/mol. The van der Waals surface area contributed by atoms with Gasteiger partial charge in [0.05, 0.1) is 29.3 Å². The zero-order valence-electron chi connectivity index (χ0n) is 16.1. The largest absolute Gasteiger partial charge is 0.503 e. The van der Waals surface area contributed by atoms with Crippen molar-refractivity contribution < 1.29 is 24.1 Å². The summed E-state index contributed by atoms with van der Waals surface area (Å²) in [4.78, 5) is 0. The van der Waals surface area contributed by atoms with Crippen molar-refractivity contribution in [3.63, 3.8) is 0 Å². The topological polar surface area (TPSA) is 136 Å². The van der Waals surface area contributed by atoms with Gasteiger partial charge in [0.15, 0.2) is 23.0 Å². The lowest BCUT2D eigenvalue weighted by Gasteiger charge is -2.24. The van der Waals surface area contributed by atoms with Crippen molar-refractivity contribution in [1.82, 2.24) is 10.2 Å². The molecule has 0 bridgehead atoms. The zero-order chi connectivity index (χ0) is 21.7. The van der Waals surface area contributed by atoms with Crippen LogP contribution in [0.5, 0.6) is 28.9 Å². The van der Waals surface area contributed by atoms with Crippen LogP contribution in [0.2, 0.25) is 5.02 Å². The van der Waals surface area contributed by atoms with Crippen molar-refractivity contribution in [2.24, 2.45) is 5.73 Å². The van der Waals surface area contributed by atoms with Crippen LogP contribution in [0.3, 0.4) is 0 Å². The van der Waals surface area contributed by atoms with Crippen LogP contribution in [0.25, 0.3) is 11.3 Å². The normalized spacial score (nSPS) is 16.5. The molecule has 9 nitrogen and oxygen atoms in total. The van der Waals surface area contributed by atoms with Crippen molar-refractivity contribution in [3.8, 4) is 46.2 Å². The molecule has 0 radical (unpaired) electrons. The maximum absolute atomic E-state index is 10.1. The minimum atomic E-state index is -0.667. The van der Waals surface area contributed by atoms with E-state index in [-0.39, 0.29) is 40.7 Å². The van der Waals surface area contributed by atoms with Gasteiger partial charge in [0, 0.05) is 5.56 Å². The van der Waals surface area contributed by atoms with E-state index in [4.69, 9.17) is 36.3 Å². The van der Waals surface area contributed by atoms with Gasteiger partial charge in [-0.25, -0.2) is 0 Å². The van der Waals surface area contributed by atoms with Crippen LogP contribution in [0.1, 0.15) is 17.0 Å². The van der Waals surface area contributed by atoms with Crippen LogP contribution in [0, 0.1) is 11.3 Å². The van der Waals surface area contributed by atoms with Crippen LogP contribution in [-0.4, -0.2) is 29.2 Å². The van der Waals surface area contributed by atoms with Gasteiger partial charge in [0.1, 0.15) is 11.6 Å². The summed E-state index contributed by atoms with van der Waals surface area (Å²) < 4.78 is 21.7. The van der Waals surface area contributed by atoms with Crippen LogP contribution < -0.4 is 24.7 Å². The molecule has 0 fully saturated rings. The molecule has 0 unspecified atom stereocenters. The number of aromatic nitrogens is 2. The van der Waals surface area contributed by atoms with E-state index in [1.54, 1.807) is 18.2 Å². The Kier molecular flexibility index (Phi) is 4.30. The Morgan fingerprint density at radius 1 is 1.29 bits per heavy atom. The molecule has 31 heavy (non-hydrogen) atoms. The fourth-order valence-corrected chi connectivity index (χ4v) is 3.99. The number of nitrogens with one attached hydrogen (secondary N) is 1. The highest BCUT2D eigenvalue weighted by Gasteiger charge is 2.36. The second kappa shape index (κ2) is 7.04. The van der Waals surface area contributed by atoms with E-state index in [2.05, 4.69) is 16.3 Å². The number of hydrogen-bond acceptors (Lipinski definition) is 8. The summed E-state index contributed by atoms with van der Waals surface area (Å²) in [5.74, 6) is 0.711. The molecule has 1 aromatic heterocycles. The Morgan fingerprint density at radius 2 is 2.10 bits per heavy atom. The Balaban J connectivity index is 1.73. The number of allylic oxidation sites excluding steroid dienone is 1. The summed E-state index contributed by atoms with van der Waals surface area (Å²) in [7, 11) is 1.41. The first-order chi connectivity index (χ1) is 15.0. The van der Waals surface area contributed by atoms with Gasteiger partial charge in [-0.05, 0) is 35.9 Å². The smallest absolute Gasteiger partial charge is 0.244 e. The van der Waals surface area contributed by atoms with Crippen LogP contribution in [-0.2, 0) is 0 Å². The maximum Gasteiger partial charge on any atom is 0.244 e. The Bertz CT molecular complexity index is 1290. The third-order valence-corrected chi connectivity index (χ3v) is 5.49. The van der Waals surface area contributed by atoms with Crippen molar-refractivity contribution in [3.05, 3.63) is 57.9 Å². The maximum atomic E-state index is 10.1. The van der Waals surface area contributed by atoms with E-state index in [1.807, 2.05) is 12.1 Å². The molecular formula is C21H15ClN4O5. The number of benzene rings is 2. The average Bonchev–Trinajstić information content (AvgIpc) is 3.40. The number of nitrogens with two attached hydrogens (primary N) is 1. The van der Waals surface area contributed by atoms with E-state index in [0.29, 0.717) is 28.3 Å². The molecule has 0 saturated heterocycles. The summed E-state index contributed by atoms with van der Waals surface area (Å²) in [6.07, 6.45) is 0. The fourth-order valence-electron chi connectivity index (χ4n) is 3.77. The van der Waals surface area contributed by atoms with Crippen LogP contribution >= 0.6 is 11.6 Å². The van der Waals surface area contributed by atoms with Gasteiger partial charge in [-0.3, -0.25) is 5.10 Å². The summed E-state index contributed by atoms with van der Waals surface area (Å²) in [6.45, 7) is 0.148. The van der Waals surface area contributed by atoms with Crippen molar-refractivity contribution in [1.29, 1.82) is 5.26 Å². The molecule has 2 aromatic carbocycles. The monoisotopic (exact) mass is 438 g/mol. The molecule has 2 aliphatic heterocycles. The molecule has 2 aliphatic rings. The summed E-state index contributed by atoms with van der Waals surface area (Å²) in [6, 6.07) is 10.7. The Morgan fingerprint density at radius 3 is 2.87 bits per heavy atom. The standard InChI is InChI=1S/C21H15ClN4O5/c1-28-15-6-10(4-12(22)19(15)27)16-11(7-23)20(24)31-21-17(16)18(25-26-21)9-2-3-13-14(5-9)30-8-29-13/h2-6,16,27H,8,24H2,1H3,(H,25,26)/t16-/m0/s1. The lowest BCUT2D eigenvalue weighted by Crippen LogP contribution is -2.21. The summed E-state index contributed by atoms with van der Waals surface area (Å²) >= 11 is 6.22. The summed E-state index contributed by atoms with van der Waals surface area (Å²) in [5, 5.41) is 27.3. The minimum Gasteiger partial charge on any atom is -0.503 e. The molecule has 156 valence electrons. The van der Waals surface area contributed by atoms with Crippen LogP contribution in [0.15, 0.2) is 41.8 Å². The average molecular weight is 439 g/mol. The van der Waals surface area contributed by atoms with Crippen LogP contribution in [0.4, 0.5) is 0 Å². The first kappa shape index (κ1) is 19.0. The Hall–Kier alpha value is -4.03. The second-order valence-corrected chi connectivity index (χ2v) is 7.27. The van der Waals surface area contributed by atoms with Gasteiger partial charge in [-0.1, -0.05) is 11.6 Å². The first-order valence-corrected chi connectivity index (χ1v) is 9.52. The van der Waals surface area contributed by atoms with E-state index < -0.39 is 5.92 Å². The number of aromatic amines is 1. The molecule has 10 heteroatoms. The zero-order valence-corrected chi connectivity index (χ0v) is 16.9. The lowest BCUT2D eigenvalue weighted by molar-refractivity contribution is 0.174. The van der Waals surface area contributed by atoms with E-state index >= 15 is 0 Å². The number of fused-ring (bicyclic) bond motifs is 2. The number of ether oxygens (including phenoxy) is 4. The minimum absolute atomic E-state index is 0.0631. The number of phenolic OH excluding ortho intramolecular Hbond substituents is 1. The highest BCUT2D eigenvalue weighted by molar-refractivity contribution is 6.32. The van der Waals surface area contributed by atoms with Gasteiger partial charge in [-0.15, -0.1) is 5.10 Å². The number of hydrogen-bond donors (Lipinski definition) is 3. The third-order valence-electron chi connectivity index (χ3n) is 5.20. The highest BCUT2D eigenvalue weighted by Crippen LogP contribution is 2.49. The number of halogens is 1. The quantitative estimate of drug-likeness (QED) is 0.566. The molecule has 3 heterocycles. The summed E-state index contributed by atoms with van der Waals surface area (Å²) in [5.41, 5.74) is 8.73. The van der Waals surface area contributed by atoms with Crippen molar-refractivity contribution in [2.75, 3.05) is 13.9 Å². The first-order valence-electron chi connectivity index (χ1n) is 9.14. The number of H-pyrrole nitrogens is 1. The number of aromatic hydroxyl groups is 1.